The van der Waals surface area contributed by atoms with Gasteiger partial charge in [0, 0.05) is 37.9 Å². The van der Waals surface area contributed by atoms with Crippen LogP contribution in [0.5, 0.6) is 0 Å². The molecule has 2 aromatic carbocycles. The predicted molar refractivity (Wildman–Crippen MR) is 114 cm³/mol. The largest absolute Gasteiger partial charge is 0.478 e. The smallest absolute Gasteiger partial charge is 0.335 e. The average molecular weight is 398 g/mol. The highest BCUT2D eigenvalue weighted by Crippen LogP contribution is 2.31. The van der Waals surface area contributed by atoms with Crippen LogP contribution in [0.3, 0.4) is 0 Å². The van der Waals surface area contributed by atoms with Crippen molar-refractivity contribution in [3.63, 3.8) is 0 Å². The van der Waals surface area contributed by atoms with E-state index in [1.54, 1.807) is 24.3 Å². The first-order chi connectivity index (χ1) is 13.8. The molecule has 8 nitrogen and oxygen atoms in total. The Bertz CT molecular complexity index is 867. The van der Waals surface area contributed by atoms with Crippen LogP contribution >= 0.6 is 0 Å². The van der Waals surface area contributed by atoms with Crippen molar-refractivity contribution in [3.05, 3.63) is 48.0 Å². The van der Waals surface area contributed by atoms with E-state index < -0.39 is 5.97 Å². The maximum atomic E-state index is 11.5. The fraction of sp³-hybridized carbons (Fsp3) is 0.286. The molecular weight excluding hydrogens is 372 g/mol. The number of aromatic carboxylic acids is 1. The van der Waals surface area contributed by atoms with E-state index in [0.29, 0.717) is 12.8 Å². The third-order valence-corrected chi connectivity index (χ3v) is 4.74. The molecule has 154 valence electrons. The quantitative estimate of drug-likeness (QED) is 0.455. The van der Waals surface area contributed by atoms with Gasteiger partial charge < -0.3 is 20.6 Å². The summed E-state index contributed by atoms with van der Waals surface area (Å²) in [5.74, 6) is -1.25. The van der Waals surface area contributed by atoms with E-state index in [-0.39, 0.29) is 23.9 Å². The normalized spacial score (nSPS) is 11.3. The van der Waals surface area contributed by atoms with Gasteiger partial charge in [-0.15, -0.1) is 0 Å². The second-order valence-corrected chi connectivity index (χ2v) is 6.67. The number of nitrogens with zero attached hydrogens (tertiary/aromatic N) is 1. The van der Waals surface area contributed by atoms with Crippen LogP contribution in [-0.4, -0.2) is 43.5 Å². The summed E-state index contributed by atoms with van der Waals surface area (Å²) in [5.41, 5.74) is 3.76. The maximum absolute atomic E-state index is 11.5. The highest BCUT2D eigenvalue weighted by molar-refractivity contribution is 5.88. The van der Waals surface area contributed by atoms with Crippen LogP contribution in [0.15, 0.2) is 42.5 Å². The van der Waals surface area contributed by atoms with Gasteiger partial charge in [0.2, 0.25) is 12.3 Å². The van der Waals surface area contributed by atoms with E-state index in [4.69, 9.17) is 5.11 Å². The zero-order valence-electron chi connectivity index (χ0n) is 16.7. The number of imide groups is 1. The lowest BCUT2D eigenvalue weighted by Crippen LogP contribution is -2.31. The molecule has 0 spiro atoms. The molecule has 0 heterocycles. The number of amides is 2. The molecule has 0 fully saturated rings. The van der Waals surface area contributed by atoms with Crippen molar-refractivity contribution in [2.24, 2.45) is 0 Å². The van der Waals surface area contributed by atoms with Gasteiger partial charge in [0.25, 0.3) is 0 Å². The molecule has 0 saturated heterocycles. The average Bonchev–Trinajstić information content (AvgIpc) is 2.72. The third kappa shape index (κ3) is 5.97. The van der Waals surface area contributed by atoms with Crippen molar-refractivity contribution >= 4 is 41.0 Å². The van der Waals surface area contributed by atoms with Gasteiger partial charge in [-0.25, -0.2) is 4.79 Å². The Morgan fingerprint density at radius 3 is 2.38 bits per heavy atom. The molecule has 29 heavy (non-hydrogen) atoms. The lowest BCUT2D eigenvalue weighted by molar-refractivity contribution is -0.125. The number of anilines is 4. The molecule has 1 unspecified atom stereocenters. The van der Waals surface area contributed by atoms with Gasteiger partial charge in [-0.1, -0.05) is 0 Å². The Kier molecular flexibility index (Phi) is 7.59. The Hall–Kier alpha value is -3.55. The summed E-state index contributed by atoms with van der Waals surface area (Å²) >= 11 is 0. The minimum Gasteiger partial charge on any atom is -0.478 e. The number of nitrogens with one attached hydrogen (secondary N) is 3. The zero-order chi connectivity index (χ0) is 21.4. The van der Waals surface area contributed by atoms with Crippen molar-refractivity contribution in [2.75, 3.05) is 29.6 Å². The number of carboxylic acid groups (broad SMARTS) is 1. The van der Waals surface area contributed by atoms with Gasteiger partial charge in [-0.3, -0.25) is 14.9 Å². The molecule has 0 radical (unpaired) electrons. The third-order valence-electron chi connectivity index (χ3n) is 4.74. The van der Waals surface area contributed by atoms with Crippen LogP contribution in [-0.2, 0) is 9.59 Å². The standard InChI is InChI=1S/C21H26N4O4/c1-14(4-11-20(27)23-13-26)25(3)19-10-9-17(12-18(19)22-2)24-16-7-5-15(6-8-16)21(28)29/h5-10,12-14,22,24H,4,11H2,1-3H3,(H,28,29)(H,23,26,27). The van der Waals surface area contributed by atoms with Crippen LogP contribution in [0.4, 0.5) is 22.7 Å². The van der Waals surface area contributed by atoms with Crippen molar-refractivity contribution in [1.82, 2.24) is 5.32 Å². The molecule has 4 N–H and O–H groups in total. The predicted octanol–water partition coefficient (Wildman–Crippen LogP) is 3.05. The Labute approximate surface area is 169 Å². The first kappa shape index (κ1) is 21.7. The second-order valence-electron chi connectivity index (χ2n) is 6.67. The number of benzene rings is 2. The number of carbonyl (C=O) groups excluding carboxylic acids is 2. The number of carboxylic acids is 1. The molecule has 0 aliphatic rings. The van der Waals surface area contributed by atoms with Gasteiger partial charge in [0.05, 0.1) is 16.9 Å². The fourth-order valence-electron chi connectivity index (χ4n) is 2.89. The molecule has 2 aromatic rings. The van der Waals surface area contributed by atoms with E-state index >= 15 is 0 Å². The number of hydrogen-bond acceptors (Lipinski definition) is 6. The van der Waals surface area contributed by atoms with Gasteiger partial charge in [-0.05, 0) is 55.8 Å². The summed E-state index contributed by atoms with van der Waals surface area (Å²) in [6.45, 7) is 2.02. The summed E-state index contributed by atoms with van der Waals surface area (Å²) in [6, 6.07) is 12.5. The summed E-state index contributed by atoms with van der Waals surface area (Å²) < 4.78 is 0. The summed E-state index contributed by atoms with van der Waals surface area (Å²) in [7, 11) is 3.79. The summed E-state index contributed by atoms with van der Waals surface area (Å²) in [5, 5.41) is 17.6. The van der Waals surface area contributed by atoms with Gasteiger partial charge in [0.15, 0.2) is 0 Å². The maximum Gasteiger partial charge on any atom is 0.335 e. The molecule has 0 aromatic heterocycles. The summed E-state index contributed by atoms with van der Waals surface area (Å²) in [4.78, 5) is 34.8. The molecular formula is C21H26N4O4. The minimum atomic E-state index is -0.959. The molecule has 0 aliphatic carbocycles. The summed E-state index contributed by atoms with van der Waals surface area (Å²) in [6.07, 6.45) is 1.27. The molecule has 1 atom stereocenters. The van der Waals surface area contributed by atoms with E-state index in [1.165, 1.54) is 0 Å². The highest BCUT2D eigenvalue weighted by Gasteiger charge is 2.15. The van der Waals surface area contributed by atoms with E-state index in [0.717, 1.165) is 22.7 Å². The Morgan fingerprint density at radius 1 is 1.14 bits per heavy atom. The monoisotopic (exact) mass is 398 g/mol. The highest BCUT2D eigenvalue weighted by atomic mass is 16.4. The number of carbonyl (C=O) groups is 3. The van der Waals surface area contributed by atoms with Gasteiger partial charge >= 0.3 is 5.97 Å². The van der Waals surface area contributed by atoms with Crippen LogP contribution in [0.25, 0.3) is 0 Å². The first-order valence-electron chi connectivity index (χ1n) is 9.23. The molecule has 2 amide bonds. The number of hydrogen-bond donors (Lipinski definition) is 4. The lowest BCUT2D eigenvalue weighted by atomic mass is 10.1. The Balaban J connectivity index is 2.09. The van der Waals surface area contributed by atoms with Crippen LogP contribution in [0.1, 0.15) is 30.1 Å². The molecule has 2 rings (SSSR count). The molecule has 0 aliphatic heterocycles. The van der Waals surface area contributed by atoms with Crippen molar-refractivity contribution in [1.29, 1.82) is 0 Å². The first-order valence-corrected chi connectivity index (χ1v) is 9.23. The van der Waals surface area contributed by atoms with Crippen molar-refractivity contribution < 1.29 is 19.5 Å². The Morgan fingerprint density at radius 2 is 1.79 bits per heavy atom. The van der Waals surface area contributed by atoms with E-state index in [1.807, 2.05) is 39.2 Å². The molecule has 8 heteroatoms. The zero-order valence-corrected chi connectivity index (χ0v) is 16.7. The van der Waals surface area contributed by atoms with Crippen LogP contribution in [0, 0.1) is 0 Å². The topological polar surface area (TPSA) is 111 Å². The fourth-order valence-corrected chi connectivity index (χ4v) is 2.89. The minimum absolute atomic E-state index is 0.0851. The van der Waals surface area contributed by atoms with Gasteiger partial charge in [-0.2, -0.15) is 0 Å². The van der Waals surface area contributed by atoms with Crippen molar-refractivity contribution in [3.8, 4) is 0 Å². The second kappa shape index (κ2) is 10.1. The van der Waals surface area contributed by atoms with Gasteiger partial charge in [0.1, 0.15) is 0 Å². The SMILES string of the molecule is CNc1cc(Nc2ccc(C(=O)O)cc2)ccc1N(C)C(C)CCC(=O)NC=O. The lowest BCUT2D eigenvalue weighted by Gasteiger charge is -2.29. The van der Waals surface area contributed by atoms with E-state index in [2.05, 4.69) is 20.9 Å². The van der Waals surface area contributed by atoms with E-state index in [9.17, 15) is 14.4 Å². The number of rotatable bonds is 10. The van der Waals surface area contributed by atoms with Crippen LogP contribution < -0.4 is 20.9 Å². The molecule has 0 saturated carbocycles. The van der Waals surface area contributed by atoms with Crippen molar-refractivity contribution in [2.45, 2.75) is 25.8 Å². The molecule has 0 bridgehead atoms. The van der Waals surface area contributed by atoms with Crippen LogP contribution in [0.2, 0.25) is 0 Å².